The second kappa shape index (κ2) is 3.13. The summed E-state index contributed by atoms with van der Waals surface area (Å²) >= 11 is 0. The van der Waals surface area contributed by atoms with Crippen LogP contribution in [-0.2, 0) is 6.54 Å². The molecule has 0 aliphatic carbocycles. The van der Waals surface area contributed by atoms with Crippen LogP contribution in [0.5, 0.6) is 0 Å². The van der Waals surface area contributed by atoms with Gasteiger partial charge in [0, 0.05) is 19.1 Å². The Morgan fingerprint density at radius 1 is 1.54 bits per heavy atom. The number of rotatable bonds is 0. The summed E-state index contributed by atoms with van der Waals surface area (Å²) in [5.41, 5.74) is 10.0. The summed E-state index contributed by atoms with van der Waals surface area (Å²) in [6, 6.07) is 7.35. The van der Waals surface area contributed by atoms with Crippen LogP contribution in [0.15, 0.2) is 12.1 Å². The van der Waals surface area contributed by atoms with Gasteiger partial charge >= 0.3 is 0 Å². The minimum atomic E-state index is 0.157. The number of hydrogen-bond acceptors (Lipinski definition) is 2. The maximum atomic E-state index is 6.04. The van der Waals surface area contributed by atoms with Gasteiger partial charge in [-0.25, -0.2) is 0 Å². The molecule has 0 spiro atoms. The topological polar surface area (TPSA) is 29.3 Å². The van der Waals surface area contributed by atoms with E-state index in [9.17, 15) is 0 Å². The van der Waals surface area contributed by atoms with Gasteiger partial charge < -0.3 is 10.6 Å². The lowest BCUT2D eigenvalue weighted by atomic mass is 9.93. The van der Waals surface area contributed by atoms with Crippen LogP contribution in [0.3, 0.4) is 0 Å². The first-order valence-electron chi connectivity index (χ1n) is 4.62. The molecule has 0 fully saturated rings. The Bertz CT molecular complexity index is 320. The number of nitrogens with zero attached hydrogens (tertiary/aromatic N) is 1. The third-order valence-corrected chi connectivity index (χ3v) is 2.70. The minimum Gasteiger partial charge on any atom is -0.323 e. The summed E-state index contributed by atoms with van der Waals surface area (Å²) in [5, 5.41) is 0. The molecule has 1 heterocycles. The fourth-order valence-electron chi connectivity index (χ4n) is 1.97. The van der Waals surface area contributed by atoms with Crippen LogP contribution in [-0.4, -0.2) is 18.5 Å². The van der Waals surface area contributed by atoms with Crippen LogP contribution in [0.2, 0.25) is 0 Å². The van der Waals surface area contributed by atoms with Crippen LogP contribution < -0.4 is 5.73 Å². The number of nitrogens with two attached hydrogens (primary N) is 1. The lowest BCUT2D eigenvalue weighted by Crippen LogP contribution is -2.34. The molecule has 1 atom stereocenters. The summed E-state index contributed by atoms with van der Waals surface area (Å²) in [6.07, 6.45) is 0. The maximum Gasteiger partial charge on any atom is 0.0427 e. The molecule has 0 saturated carbocycles. The molecule has 69 valence electrons. The highest BCUT2D eigenvalue weighted by molar-refractivity contribution is 5.37. The monoisotopic (exact) mass is 175 g/mol. The Balaban J connectivity index is 2.49. The molecule has 13 heavy (non-hydrogen) atoms. The van der Waals surface area contributed by atoms with Crippen molar-refractivity contribution in [2.24, 2.45) is 5.73 Å². The Morgan fingerprint density at radius 2 is 2.31 bits per heavy atom. The standard InChI is InChI=1S/C11H15N2/c1-8-4-3-5-9-10(8)6-13(2)7-11(9)12/h4-5,11H,6-7,12H2,1-2H3. The summed E-state index contributed by atoms with van der Waals surface area (Å²) in [4.78, 5) is 2.26. The molecule has 0 saturated heterocycles. The molecule has 1 aromatic rings. The molecule has 1 aromatic carbocycles. The fourth-order valence-corrected chi connectivity index (χ4v) is 1.97. The molecule has 1 radical (unpaired) electrons. The van der Waals surface area contributed by atoms with Crippen molar-refractivity contribution in [2.75, 3.05) is 13.6 Å². The number of aryl methyl sites for hydroxylation is 1. The van der Waals surface area contributed by atoms with Gasteiger partial charge in [0.15, 0.2) is 0 Å². The van der Waals surface area contributed by atoms with E-state index in [4.69, 9.17) is 5.73 Å². The van der Waals surface area contributed by atoms with E-state index in [1.807, 2.05) is 12.1 Å². The molecule has 1 unspecified atom stereocenters. The van der Waals surface area contributed by atoms with E-state index in [1.165, 1.54) is 16.7 Å². The zero-order chi connectivity index (χ0) is 9.42. The van der Waals surface area contributed by atoms with E-state index in [2.05, 4.69) is 24.9 Å². The van der Waals surface area contributed by atoms with Crippen molar-refractivity contribution in [1.82, 2.24) is 4.90 Å². The van der Waals surface area contributed by atoms with Crippen molar-refractivity contribution in [3.05, 3.63) is 34.9 Å². The van der Waals surface area contributed by atoms with Gasteiger partial charge in [0.1, 0.15) is 0 Å². The SMILES string of the molecule is Cc1c[c]cc2c1CN(C)CC2N. The molecule has 2 heteroatoms. The molecular weight excluding hydrogens is 160 g/mol. The molecule has 2 N–H and O–H groups in total. The van der Waals surface area contributed by atoms with Crippen LogP contribution in [0.25, 0.3) is 0 Å². The lowest BCUT2D eigenvalue weighted by Gasteiger charge is -2.30. The Labute approximate surface area is 79.4 Å². The second-order valence-electron chi connectivity index (χ2n) is 3.88. The van der Waals surface area contributed by atoms with E-state index < -0.39 is 0 Å². The van der Waals surface area contributed by atoms with Gasteiger partial charge in [-0.2, -0.15) is 0 Å². The van der Waals surface area contributed by atoms with Gasteiger partial charge in [0.25, 0.3) is 0 Å². The average molecular weight is 175 g/mol. The normalized spacial score (nSPS) is 22.8. The maximum absolute atomic E-state index is 6.04. The molecule has 2 rings (SSSR count). The molecular formula is C11H15N2. The molecule has 1 aliphatic rings. The predicted octanol–water partition coefficient (Wildman–Crippen LogP) is 1.24. The summed E-state index contributed by atoms with van der Waals surface area (Å²) in [5.74, 6) is 0. The van der Waals surface area contributed by atoms with Crippen molar-refractivity contribution in [1.29, 1.82) is 0 Å². The van der Waals surface area contributed by atoms with Gasteiger partial charge in [-0.3, -0.25) is 0 Å². The van der Waals surface area contributed by atoms with E-state index in [0.717, 1.165) is 13.1 Å². The van der Waals surface area contributed by atoms with Crippen molar-refractivity contribution in [2.45, 2.75) is 19.5 Å². The summed E-state index contributed by atoms with van der Waals surface area (Å²) in [6.45, 7) is 4.09. The highest BCUT2D eigenvalue weighted by Crippen LogP contribution is 2.25. The van der Waals surface area contributed by atoms with Crippen LogP contribution in [0.4, 0.5) is 0 Å². The van der Waals surface area contributed by atoms with Gasteiger partial charge in [0.05, 0.1) is 0 Å². The second-order valence-corrected chi connectivity index (χ2v) is 3.88. The van der Waals surface area contributed by atoms with E-state index in [-0.39, 0.29) is 6.04 Å². The molecule has 0 amide bonds. The van der Waals surface area contributed by atoms with Gasteiger partial charge in [0.2, 0.25) is 0 Å². The minimum absolute atomic E-state index is 0.157. The summed E-state index contributed by atoms with van der Waals surface area (Å²) in [7, 11) is 2.11. The lowest BCUT2D eigenvalue weighted by molar-refractivity contribution is 0.282. The summed E-state index contributed by atoms with van der Waals surface area (Å²) < 4.78 is 0. The van der Waals surface area contributed by atoms with Crippen LogP contribution >= 0.6 is 0 Å². The molecule has 2 nitrogen and oxygen atoms in total. The molecule has 0 bridgehead atoms. The highest BCUT2D eigenvalue weighted by Gasteiger charge is 2.20. The smallest absolute Gasteiger partial charge is 0.0427 e. The number of likely N-dealkylation sites (N-methyl/N-ethyl adjacent to an activating group) is 1. The third kappa shape index (κ3) is 1.47. The van der Waals surface area contributed by atoms with E-state index >= 15 is 0 Å². The Hall–Kier alpha value is -0.860. The van der Waals surface area contributed by atoms with E-state index in [0.29, 0.717) is 0 Å². The van der Waals surface area contributed by atoms with Crippen LogP contribution in [0.1, 0.15) is 22.7 Å². The highest BCUT2D eigenvalue weighted by atomic mass is 15.1. The van der Waals surface area contributed by atoms with Crippen molar-refractivity contribution >= 4 is 0 Å². The third-order valence-electron chi connectivity index (χ3n) is 2.70. The van der Waals surface area contributed by atoms with E-state index in [1.54, 1.807) is 0 Å². The number of benzene rings is 1. The van der Waals surface area contributed by atoms with Crippen molar-refractivity contribution in [3.8, 4) is 0 Å². The zero-order valence-electron chi connectivity index (χ0n) is 8.17. The van der Waals surface area contributed by atoms with Gasteiger partial charge in [-0.15, -0.1) is 0 Å². The van der Waals surface area contributed by atoms with Crippen molar-refractivity contribution in [3.63, 3.8) is 0 Å². The predicted molar refractivity (Wildman–Crippen MR) is 53.3 cm³/mol. The van der Waals surface area contributed by atoms with Crippen molar-refractivity contribution < 1.29 is 0 Å². The number of hydrogen-bond donors (Lipinski definition) is 1. The largest absolute Gasteiger partial charge is 0.323 e. The number of fused-ring (bicyclic) bond motifs is 1. The van der Waals surface area contributed by atoms with Crippen LogP contribution in [0, 0.1) is 13.0 Å². The average Bonchev–Trinajstić information content (AvgIpc) is 2.07. The van der Waals surface area contributed by atoms with Gasteiger partial charge in [-0.05, 0) is 42.8 Å². The van der Waals surface area contributed by atoms with Gasteiger partial charge in [-0.1, -0.05) is 6.07 Å². The quantitative estimate of drug-likeness (QED) is 0.643. The fraction of sp³-hybridized carbons (Fsp3) is 0.455. The first kappa shape index (κ1) is 8.73. The first-order valence-corrected chi connectivity index (χ1v) is 4.62. The first-order chi connectivity index (χ1) is 6.18. The molecule has 1 aliphatic heterocycles. The zero-order valence-corrected chi connectivity index (χ0v) is 8.17. The Morgan fingerprint density at radius 3 is 3.08 bits per heavy atom. The Kier molecular flexibility index (Phi) is 2.10. The molecule has 0 aromatic heterocycles.